The van der Waals surface area contributed by atoms with Gasteiger partial charge >= 0.3 is 0 Å². The van der Waals surface area contributed by atoms with Gasteiger partial charge in [-0.3, -0.25) is 0 Å². The normalized spacial score (nSPS) is 10.8. The molecule has 0 atom stereocenters. The van der Waals surface area contributed by atoms with Crippen LogP contribution in [0.25, 0.3) is 10.5 Å². The van der Waals surface area contributed by atoms with Gasteiger partial charge in [-0.05, 0) is 49.9 Å². The second-order valence-corrected chi connectivity index (χ2v) is 6.12. The standard InChI is InChI=1S/C20H22N4/c1-6-16-9-7-8-13(2)18(16)11-22-19-10-17(21-5)12-24-15(4)14(3)23-20(19)24/h7-10,12,22H,6,11H2,1-4H3. The summed E-state index contributed by atoms with van der Waals surface area (Å²) in [7, 11) is 0. The summed E-state index contributed by atoms with van der Waals surface area (Å²) >= 11 is 0. The number of aromatic nitrogens is 2. The molecule has 0 unspecified atom stereocenters. The van der Waals surface area contributed by atoms with Gasteiger partial charge in [-0.25, -0.2) is 9.83 Å². The fourth-order valence-corrected chi connectivity index (χ4v) is 3.08. The molecule has 0 bridgehead atoms. The number of imidazole rings is 1. The van der Waals surface area contributed by atoms with E-state index in [1.54, 1.807) is 0 Å². The summed E-state index contributed by atoms with van der Waals surface area (Å²) in [5.74, 6) is 0. The van der Waals surface area contributed by atoms with Crippen LogP contribution in [0.2, 0.25) is 0 Å². The number of aryl methyl sites for hydroxylation is 4. The monoisotopic (exact) mass is 318 g/mol. The minimum atomic E-state index is 0.617. The number of hydrogen-bond donors (Lipinski definition) is 1. The van der Waals surface area contributed by atoms with Crippen LogP contribution in [-0.4, -0.2) is 9.38 Å². The van der Waals surface area contributed by atoms with Crippen molar-refractivity contribution in [3.8, 4) is 0 Å². The van der Waals surface area contributed by atoms with Gasteiger partial charge in [-0.1, -0.05) is 25.1 Å². The van der Waals surface area contributed by atoms with Gasteiger partial charge in [0.1, 0.15) is 0 Å². The van der Waals surface area contributed by atoms with Crippen LogP contribution in [0.5, 0.6) is 0 Å². The molecule has 3 rings (SSSR count). The third-order valence-electron chi connectivity index (χ3n) is 4.65. The average Bonchev–Trinajstić information content (AvgIpc) is 2.88. The number of rotatable bonds is 4. The van der Waals surface area contributed by atoms with Crippen molar-refractivity contribution in [1.82, 2.24) is 9.38 Å². The smallest absolute Gasteiger partial charge is 0.205 e. The molecule has 122 valence electrons. The maximum Gasteiger partial charge on any atom is 0.205 e. The first-order valence-corrected chi connectivity index (χ1v) is 8.23. The molecule has 4 nitrogen and oxygen atoms in total. The molecule has 3 aromatic rings. The lowest BCUT2D eigenvalue weighted by Crippen LogP contribution is -2.06. The Kier molecular flexibility index (Phi) is 4.26. The maximum atomic E-state index is 7.35. The first-order chi connectivity index (χ1) is 11.5. The molecule has 0 aliphatic rings. The van der Waals surface area contributed by atoms with Crippen LogP contribution in [0.4, 0.5) is 11.4 Å². The van der Waals surface area contributed by atoms with Crippen molar-refractivity contribution in [3.05, 3.63) is 70.0 Å². The van der Waals surface area contributed by atoms with Gasteiger partial charge in [0, 0.05) is 18.4 Å². The van der Waals surface area contributed by atoms with Gasteiger partial charge in [0.05, 0.1) is 18.0 Å². The lowest BCUT2D eigenvalue weighted by atomic mass is 10.00. The van der Waals surface area contributed by atoms with Gasteiger partial charge in [-0.15, -0.1) is 0 Å². The van der Waals surface area contributed by atoms with E-state index in [0.29, 0.717) is 5.69 Å². The Morgan fingerprint density at radius 2 is 2.04 bits per heavy atom. The molecule has 0 radical (unpaired) electrons. The molecule has 0 saturated heterocycles. The Morgan fingerprint density at radius 3 is 2.75 bits per heavy atom. The molecule has 0 aliphatic carbocycles. The third-order valence-corrected chi connectivity index (χ3v) is 4.65. The molecule has 1 N–H and O–H groups in total. The van der Waals surface area contributed by atoms with E-state index in [1.807, 2.05) is 30.5 Å². The molecule has 0 aliphatic heterocycles. The van der Waals surface area contributed by atoms with E-state index >= 15 is 0 Å². The molecule has 0 spiro atoms. The highest BCUT2D eigenvalue weighted by Gasteiger charge is 2.12. The highest BCUT2D eigenvalue weighted by molar-refractivity contribution is 5.74. The summed E-state index contributed by atoms with van der Waals surface area (Å²) in [6.45, 7) is 16.4. The van der Waals surface area contributed by atoms with Gasteiger partial charge in [0.25, 0.3) is 0 Å². The predicted octanol–water partition coefficient (Wildman–Crippen LogP) is 4.98. The minimum absolute atomic E-state index is 0.617. The van der Waals surface area contributed by atoms with E-state index in [2.05, 4.69) is 47.2 Å². The first-order valence-electron chi connectivity index (χ1n) is 8.23. The van der Waals surface area contributed by atoms with Gasteiger partial charge in [-0.2, -0.15) is 0 Å². The summed E-state index contributed by atoms with van der Waals surface area (Å²) in [6.07, 6.45) is 2.87. The van der Waals surface area contributed by atoms with E-state index in [4.69, 9.17) is 6.57 Å². The molecular weight excluding hydrogens is 296 g/mol. The molecule has 0 fully saturated rings. The number of nitrogens with one attached hydrogen (secondary N) is 1. The molecule has 0 amide bonds. The molecule has 24 heavy (non-hydrogen) atoms. The van der Waals surface area contributed by atoms with Crippen molar-refractivity contribution < 1.29 is 0 Å². The van der Waals surface area contributed by atoms with Gasteiger partial charge in [0.2, 0.25) is 5.69 Å². The second-order valence-electron chi connectivity index (χ2n) is 6.12. The number of benzene rings is 1. The summed E-state index contributed by atoms with van der Waals surface area (Å²) in [4.78, 5) is 8.26. The van der Waals surface area contributed by atoms with Crippen LogP contribution in [0.15, 0.2) is 30.5 Å². The van der Waals surface area contributed by atoms with E-state index < -0.39 is 0 Å². The van der Waals surface area contributed by atoms with Crippen LogP contribution in [0.1, 0.15) is 35.0 Å². The summed E-state index contributed by atoms with van der Waals surface area (Å²) in [6, 6.07) is 8.32. The topological polar surface area (TPSA) is 33.7 Å². The Balaban J connectivity index is 2.02. The Bertz CT molecular complexity index is 944. The van der Waals surface area contributed by atoms with E-state index in [9.17, 15) is 0 Å². The number of hydrogen-bond acceptors (Lipinski definition) is 2. The Labute approximate surface area is 143 Å². The zero-order valence-electron chi connectivity index (χ0n) is 14.6. The van der Waals surface area contributed by atoms with E-state index in [0.717, 1.165) is 35.7 Å². The number of fused-ring (bicyclic) bond motifs is 1. The number of pyridine rings is 1. The third kappa shape index (κ3) is 2.74. The largest absolute Gasteiger partial charge is 0.379 e. The lowest BCUT2D eigenvalue weighted by molar-refractivity contribution is 1.02. The fraction of sp³-hybridized carbons (Fsp3) is 0.300. The van der Waals surface area contributed by atoms with Gasteiger partial charge < -0.3 is 9.72 Å². The van der Waals surface area contributed by atoms with E-state index in [1.165, 1.54) is 16.7 Å². The van der Waals surface area contributed by atoms with Crippen molar-refractivity contribution in [3.63, 3.8) is 0 Å². The molecule has 1 aromatic carbocycles. The zero-order valence-corrected chi connectivity index (χ0v) is 14.6. The van der Waals surface area contributed by atoms with Gasteiger partial charge in [0.15, 0.2) is 5.65 Å². The average molecular weight is 318 g/mol. The van der Waals surface area contributed by atoms with Crippen LogP contribution in [0.3, 0.4) is 0 Å². The van der Waals surface area contributed by atoms with Crippen LogP contribution in [0, 0.1) is 27.3 Å². The SMILES string of the molecule is [C-]#[N+]c1cc(NCc2c(C)cccc2CC)c2nc(C)c(C)n2c1. The highest BCUT2D eigenvalue weighted by Crippen LogP contribution is 2.27. The second kappa shape index (κ2) is 6.37. The fourth-order valence-electron chi connectivity index (χ4n) is 3.08. The Hall–Kier alpha value is -2.80. The zero-order chi connectivity index (χ0) is 17.3. The summed E-state index contributed by atoms with van der Waals surface area (Å²) in [5, 5.41) is 3.51. The summed E-state index contributed by atoms with van der Waals surface area (Å²) in [5.41, 5.74) is 8.44. The van der Waals surface area contributed by atoms with Crippen molar-refractivity contribution >= 4 is 17.0 Å². The van der Waals surface area contributed by atoms with Crippen molar-refractivity contribution in [1.29, 1.82) is 0 Å². The minimum Gasteiger partial charge on any atom is -0.379 e. The molecule has 0 saturated carbocycles. The maximum absolute atomic E-state index is 7.35. The first kappa shape index (κ1) is 16.1. The van der Waals surface area contributed by atoms with Crippen LogP contribution < -0.4 is 5.32 Å². The van der Waals surface area contributed by atoms with E-state index in [-0.39, 0.29) is 0 Å². The molecule has 2 heterocycles. The molecule has 2 aromatic heterocycles. The lowest BCUT2D eigenvalue weighted by Gasteiger charge is -2.14. The highest BCUT2D eigenvalue weighted by atomic mass is 15.1. The van der Waals surface area contributed by atoms with Crippen LogP contribution in [-0.2, 0) is 13.0 Å². The van der Waals surface area contributed by atoms with Crippen molar-refractivity contribution in [2.24, 2.45) is 0 Å². The van der Waals surface area contributed by atoms with Crippen LogP contribution >= 0.6 is 0 Å². The number of anilines is 1. The molecule has 4 heteroatoms. The summed E-state index contributed by atoms with van der Waals surface area (Å²) < 4.78 is 2.00. The Morgan fingerprint density at radius 1 is 1.25 bits per heavy atom. The number of nitrogens with zero attached hydrogens (tertiary/aromatic N) is 3. The quantitative estimate of drug-likeness (QED) is 0.688. The van der Waals surface area contributed by atoms with Crippen molar-refractivity contribution in [2.75, 3.05) is 5.32 Å². The van der Waals surface area contributed by atoms with Crippen molar-refractivity contribution in [2.45, 2.75) is 40.7 Å². The molecular formula is C20H22N4. The predicted molar refractivity (Wildman–Crippen MR) is 98.8 cm³/mol.